The van der Waals surface area contributed by atoms with Crippen molar-refractivity contribution in [2.45, 2.75) is 5.37 Å². The van der Waals surface area contributed by atoms with Crippen molar-refractivity contribution in [2.75, 3.05) is 0 Å². The van der Waals surface area contributed by atoms with Gasteiger partial charge in [0.2, 0.25) is 6.20 Å². The summed E-state index contributed by atoms with van der Waals surface area (Å²) >= 11 is 7.32. The monoisotopic (exact) mass is 186 g/mol. The van der Waals surface area contributed by atoms with Crippen LogP contribution in [0.3, 0.4) is 0 Å². The van der Waals surface area contributed by atoms with Crippen LogP contribution in [0.25, 0.3) is 0 Å². The van der Waals surface area contributed by atoms with Gasteiger partial charge in [-0.3, -0.25) is 0 Å². The fourth-order valence-electron chi connectivity index (χ4n) is 1.05. The van der Waals surface area contributed by atoms with Crippen molar-refractivity contribution >= 4 is 23.4 Å². The zero-order valence-electron chi connectivity index (χ0n) is 5.53. The van der Waals surface area contributed by atoms with Gasteiger partial charge < -0.3 is 0 Å². The first-order chi connectivity index (χ1) is 5.29. The van der Waals surface area contributed by atoms with Crippen LogP contribution in [0.1, 0.15) is 0 Å². The third kappa shape index (κ3) is 1.04. The molecule has 1 atom stereocenters. The van der Waals surface area contributed by atoms with Gasteiger partial charge in [0.1, 0.15) is 0 Å². The number of rotatable bonds is 0. The summed E-state index contributed by atoms with van der Waals surface area (Å²) in [6.45, 7) is 0. The number of halogens is 1. The molecular weight excluding hydrogens is 182 g/mol. The fraction of sp³-hybridized carbons (Fsp3) is 0.143. The first kappa shape index (κ1) is 7.13. The molecule has 0 saturated heterocycles. The van der Waals surface area contributed by atoms with Crippen molar-refractivity contribution in [1.82, 2.24) is 0 Å². The molecule has 0 aliphatic carbocycles. The van der Waals surface area contributed by atoms with Gasteiger partial charge in [-0.25, -0.2) is 0 Å². The minimum atomic E-state index is -0.146. The number of nitrogens with zero attached hydrogens (tertiary/aromatic N) is 1. The first-order valence-electron chi connectivity index (χ1n) is 3.14. The summed E-state index contributed by atoms with van der Waals surface area (Å²) in [6, 6.07) is 0. The SMILES string of the molecule is O=[N+]1C=CC(Cl)=C2C=CSC21. The maximum atomic E-state index is 11.1. The summed E-state index contributed by atoms with van der Waals surface area (Å²) in [5.41, 5.74) is 0.911. The van der Waals surface area contributed by atoms with Crippen molar-refractivity contribution in [2.24, 2.45) is 0 Å². The molecule has 0 saturated carbocycles. The second-order valence-corrected chi connectivity index (χ2v) is 3.67. The van der Waals surface area contributed by atoms with Crippen molar-refractivity contribution in [3.63, 3.8) is 0 Å². The third-order valence-electron chi connectivity index (χ3n) is 1.60. The van der Waals surface area contributed by atoms with Crippen LogP contribution >= 0.6 is 23.4 Å². The Morgan fingerprint density at radius 1 is 1.55 bits per heavy atom. The summed E-state index contributed by atoms with van der Waals surface area (Å²) in [6.07, 6.45) is 4.96. The van der Waals surface area contributed by atoms with Crippen LogP contribution < -0.4 is 0 Å². The molecule has 2 heterocycles. The second-order valence-electron chi connectivity index (χ2n) is 2.27. The summed E-state index contributed by atoms with van der Waals surface area (Å²) in [5, 5.41) is 2.41. The van der Waals surface area contributed by atoms with Gasteiger partial charge in [0.25, 0.3) is 5.37 Å². The van der Waals surface area contributed by atoms with E-state index in [2.05, 4.69) is 0 Å². The van der Waals surface area contributed by atoms with E-state index in [1.807, 2.05) is 11.5 Å². The van der Waals surface area contributed by atoms with Gasteiger partial charge in [0, 0.05) is 15.7 Å². The lowest BCUT2D eigenvalue weighted by molar-refractivity contribution is -0.485. The number of fused-ring (bicyclic) bond motifs is 1. The standard InChI is InChI=1S/C7H5ClNOS/c8-6-1-3-9(10)7-5(6)2-4-11-7/h1-4,7H/q+1. The Hall–Kier alpha value is -0.540. The lowest BCUT2D eigenvalue weighted by Crippen LogP contribution is -2.18. The van der Waals surface area contributed by atoms with Gasteiger partial charge in [-0.1, -0.05) is 23.4 Å². The van der Waals surface area contributed by atoms with Crippen molar-refractivity contribution in [1.29, 1.82) is 0 Å². The summed E-state index contributed by atoms with van der Waals surface area (Å²) < 4.78 is 0.909. The maximum absolute atomic E-state index is 11.1. The summed E-state index contributed by atoms with van der Waals surface area (Å²) in [5.74, 6) is 0. The molecule has 0 spiro atoms. The molecule has 0 N–H and O–H groups in total. The average molecular weight is 187 g/mol. The van der Waals surface area contributed by atoms with Crippen LogP contribution in [0.5, 0.6) is 0 Å². The Morgan fingerprint density at radius 3 is 3.09 bits per heavy atom. The molecule has 2 nitrogen and oxygen atoms in total. The van der Waals surface area contributed by atoms with Crippen LogP contribution in [0.15, 0.2) is 34.4 Å². The quantitative estimate of drug-likeness (QED) is 0.542. The Kier molecular flexibility index (Phi) is 1.62. The van der Waals surface area contributed by atoms with E-state index in [9.17, 15) is 4.91 Å². The molecule has 0 radical (unpaired) electrons. The van der Waals surface area contributed by atoms with Crippen molar-refractivity contribution in [3.05, 3.63) is 39.3 Å². The van der Waals surface area contributed by atoms with E-state index in [4.69, 9.17) is 11.6 Å². The van der Waals surface area contributed by atoms with Crippen molar-refractivity contribution < 1.29 is 4.76 Å². The second kappa shape index (κ2) is 2.50. The molecule has 0 aromatic carbocycles. The summed E-state index contributed by atoms with van der Waals surface area (Å²) in [4.78, 5) is 11.1. The van der Waals surface area contributed by atoms with Gasteiger partial charge in [-0.05, 0) is 11.5 Å². The molecule has 2 aliphatic heterocycles. The smallest absolute Gasteiger partial charge is 0.0835 e. The molecule has 2 aliphatic rings. The molecular formula is C7H5ClNOS+. The van der Waals surface area contributed by atoms with Crippen molar-refractivity contribution in [3.8, 4) is 0 Å². The first-order valence-corrected chi connectivity index (χ1v) is 4.46. The van der Waals surface area contributed by atoms with Gasteiger partial charge in [0.15, 0.2) is 0 Å². The topological polar surface area (TPSA) is 20.1 Å². The highest BCUT2D eigenvalue weighted by Crippen LogP contribution is 2.35. The zero-order valence-corrected chi connectivity index (χ0v) is 7.10. The number of hydrogen-bond donors (Lipinski definition) is 0. The van der Waals surface area contributed by atoms with Crippen LogP contribution in [0.2, 0.25) is 0 Å². The Bertz CT molecular complexity index is 306. The molecule has 0 aromatic heterocycles. The Morgan fingerprint density at radius 2 is 2.36 bits per heavy atom. The molecule has 2 rings (SSSR count). The van der Waals surface area contributed by atoms with Crippen LogP contribution in [-0.4, -0.2) is 10.1 Å². The highest BCUT2D eigenvalue weighted by molar-refractivity contribution is 8.03. The molecule has 0 fully saturated rings. The molecule has 56 valence electrons. The number of thioether (sulfide) groups is 1. The lowest BCUT2D eigenvalue weighted by Gasteiger charge is -2.04. The Balaban J connectivity index is 2.48. The highest BCUT2D eigenvalue weighted by Gasteiger charge is 2.34. The van der Waals surface area contributed by atoms with Gasteiger partial charge >= 0.3 is 0 Å². The zero-order chi connectivity index (χ0) is 7.84. The van der Waals surface area contributed by atoms with Gasteiger partial charge in [-0.2, -0.15) is 0 Å². The predicted octanol–water partition coefficient (Wildman–Crippen LogP) is 2.37. The van der Waals surface area contributed by atoms with E-state index in [0.29, 0.717) is 5.03 Å². The molecule has 0 amide bonds. The molecule has 0 bridgehead atoms. The average Bonchev–Trinajstić information content (AvgIpc) is 2.45. The highest BCUT2D eigenvalue weighted by atomic mass is 35.5. The van der Waals surface area contributed by atoms with Crippen LogP contribution in [-0.2, 0) is 0 Å². The summed E-state index contributed by atoms with van der Waals surface area (Å²) in [7, 11) is 0. The van der Waals surface area contributed by atoms with E-state index in [0.717, 1.165) is 10.3 Å². The van der Waals surface area contributed by atoms with Gasteiger partial charge in [-0.15, -0.1) is 0 Å². The van der Waals surface area contributed by atoms with E-state index < -0.39 is 0 Å². The molecule has 1 unspecified atom stereocenters. The maximum Gasteiger partial charge on any atom is 0.283 e. The van der Waals surface area contributed by atoms with E-state index in [1.165, 1.54) is 18.0 Å². The molecule has 11 heavy (non-hydrogen) atoms. The minimum absolute atomic E-state index is 0.146. The van der Waals surface area contributed by atoms with Crippen LogP contribution in [0.4, 0.5) is 0 Å². The normalized spacial score (nSPS) is 28.1. The minimum Gasteiger partial charge on any atom is -0.0835 e. The number of allylic oxidation sites excluding steroid dienone is 2. The number of hydrogen-bond acceptors (Lipinski definition) is 2. The molecule has 4 heteroatoms. The van der Waals surface area contributed by atoms with Crippen LogP contribution in [0, 0.1) is 4.91 Å². The number of nitroso groups, excluding NO2 is 1. The van der Waals surface area contributed by atoms with E-state index in [-0.39, 0.29) is 5.37 Å². The largest absolute Gasteiger partial charge is 0.283 e. The third-order valence-corrected chi connectivity index (χ3v) is 2.95. The fourth-order valence-corrected chi connectivity index (χ4v) is 2.25. The lowest BCUT2D eigenvalue weighted by atomic mass is 10.2. The van der Waals surface area contributed by atoms with E-state index >= 15 is 0 Å². The molecule has 0 aromatic rings. The Labute approximate surface area is 73.2 Å². The van der Waals surface area contributed by atoms with Gasteiger partial charge in [0.05, 0.1) is 10.6 Å². The predicted molar refractivity (Wildman–Crippen MR) is 46.2 cm³/mol. The van der Waals surface area contributed by atoms with E-state index in [1.54, 1.807) is 6.08 Å².